The van der Waals surface area contributed by atoms with Crippen molar-refractivity contribution >= 4 is 40.0 Å². The summed E-state index contributed by atoms with van der Waals surface area (Å²) in [6.07, 6.45) is 2.87. The number of nitrogens with one attached hydrogen (secondary N) is 2. The number of carbonyl (C=O) groups is 1. The summed E-state index contributed by atoms with van der Waals surface area (Å²) < 4.78 is 26.7. The molecular formula is C13H11ClFN3O2S. The molecule has 1 aromatic heterocycles. The summed E-state index contributed by atoms with van der Waals surface area (Å²) >= 11 is 5.65. The molecule has 2 aromatic rings. The fourth-order valence-electron chi connectivity index (χ4n) is 1.55. The molecule has 0 saturated heterocycles. The second kappa shape index (κ2) is 6.64. The van der Waals surface area contributed by atoms with Crippen molar-refractivity contribution in [3.05, 3.63) is 52.9 Å². The predicted molar refractivity (Wildman–Crippen MR) is 81.3 cm³/mol. The Morgan fingerprint density at radius 1 is 1.33 bits per heavy atom. The number of anilines is 2. The van der Waals surface area contributed by atoms with Crippen molar-refractivity contribution in [2.45, 2.75) is 0 Å². The summed E-state index contributed by atoms with van der Waals surface area (Å²) in [5.74, 6) is -0.652. The Kier molecular flexibility index (Phi) is 4.87. The van der Waals surface area contributed by atoms with Crippen LogP contribution in [-0.4, -0.2) is 21.4 Å². The minimum absolute atomic E-state index is 0.0775. The van der Waals surface area contributed by atoms with Crippen molar-refractivity contribution in [1.82, 2.24) is 4.98 Å². The number of nitrogens with zero attached hydrogens (tertiary/aromatic N) is 1. The lowest BCUT2D eigenvalue weighted by Gasteiger charge is -2.07. The molecule has 1 amide bonds. The number of pyridine rings is 1. The van der Waals surface area contributed by atoms with E-state index in [0.717, 1.165) is 6.07 Å². The first-order valence-electron chi connectivity index (χ1n) is 5.78. The molecule has 1 aromatic carbocycles. The Hall–Kier alpha value is -1.99. The first-order chi connectivity index (χ1) is 9.95. The molecule has 110 valence electrons. The van der Waals surface area contributed by atoms with Gasteiger partial charge in [-0.15, -0.1) is 0 Å². The van der Waals surface area contributed by atoms with Gasteiger partial charge in [-0.2, -0.15) is 0 Å². The lowest BCUT2D eigenvalue weighted by Crippen LogP contribution is -2.13. The average Bonchev–Trinajstić information content (AvgIpc) is 2.42. The number of hydrogen-bond acceptors (Lipinski definition) is 3. The highest BCUT2D eigenvalue weighted by molar-refractivity contribution is 7.85. The summed E-state index contributed by atoms with van der Waals surface area (Å²) in [5.41, 5.74) is 0.690. The molecule has 0 spiro atoms. The molecular weight excluding hydrogens is 317 g/mol. The van der Waals surface area contributed by atoms with Gasteiger partial charge in [0.15, 0.2) is 0 Å². The van der Waals surface area contributed by atoms with Crippen LogP contribution in [0.25, 0.3) is 0 Å². The molecule has 0 bridgehead atoms. The van der Waals surface area contributed by atoms with E-state index in [4.69, 9.17) is 11.6 Å². The quantitative estimate of drug-likeness (QED) is 0.907. The van der Waals surface area contributed by atoms with Gasteiger partial charge < -0.3 is 5.32 Å². The Bertz CT molecular complexity index is 712. The van der Waals surface area contributed by atoms with Crippen LogP contribution in [0.5, 0.6) is 0 Å². The van der Waals surface area contributed by atoms with Crippen LogP contribution < -0.4 is 10.0 Å². The lowest BCUT2D eigenvalue weighted by atomic mass is 10.2. The topological polar surface area (TPSA) is 71.1 Å². The summed E-state index contributed by atoms with van der Waals surface area (Å²) in [4.78, 5) is 16.0. The Morgan fingerprint density at radius 3 is 2.76 bits per heavy atom. The Balaban J connectivity index is 2.16. The summed E-state index contributed by atoms with van der Waals surface area (Å²) in [6.45, 7) is 0. The van der Waals surface area contributed by atoms with Crippen molar-refractivity contribution in [1.29, 1.82) is 0 Å². The molecule has 1 heterocycles. The average molecular weight is 328 g/mol. The van der Waals surface area contributed by atoms with E-state index in [0.29, 0.717) is 17.1 Å². The largest absolute Gasteiger partial charge is 0.322 e. The van der Waals surface area contributed by atoms with Crippen LogP contribution in [0.2, 0.25) is 5.02 Å². The van der Waals surface area contributed by atoms with Gasteiger partial charge in [0.25, 0.3) is 5.91 Å². The van der Waals surface area contributed by atoms with Gasteiger partial charge in [-0.25, -0.2) is 13.6 Å². The van der Waals surface area contributed by atoms with Gasteiger partial charge in [-0.1, -0.05) is 11.6 Å². The van der Waals surface area contributed by atoms with Gasteiger partial charge >= 0.3 is 0 Å². The minimum Gasteiger partial charge on any atom is -0.322 e. The number of hydrogen-bond donors (Lipinski definition) is 2. The molecule has 8 heteroatoms. The van der Waals surface area contributed by atoms with Crippen molar-refractivity contribution in [3.63, 3.8) is 0 Å². The highest BCUT2D eigenvalue weighted by Crippen LogP contribution is 2.20. The molecule has 2 N–H and O–H groups in total. The summed E-state index contributed by atoms with van der Waals surface area (Å²) in [6, 6.07) is 6.85. The first-order valence-corrected chi connectivity index (χ1v) is 7.72. The third-order valence-electron chi connectivity index (χ3n) is 2.45. The number of halogens is 2. The molecule has 1 atom stereocenters. The highest BCUT2D eigenvalue weighted by atomic mass is 35.5. The third-order valence-corrected chi connectivity index (χ3v) is 3.23. The normalized spacial score (nSPS) is 11.8. The van der Waals surface area contributed by atoms with E-state index in [2.05, 4.69) is 15.0 Å². The van der Waals surface area contributed by atoms with Gasteiger partial charge in [0, 0.05) is 23.7 Å². The molecule has 0 radical (unpaired) electrons. The fraction of sp³-hybridized carbons (Fsp3) is 0.0769. The molecule has 0 fully saturated rings. The molecule has 1 unspecified atom stereocenters. The van der Waals surface area contributed by atoms with Crippen molar-refractivity contribution < 1.29 is 13.4 Å². The van der Waals surface area contributed by atoms with Crippen LogP contribution in [0, 0.1) is 5.82 Å². The maximum Gasteiger partial charge on any atom is 0.255 e. The van der Waals surface area contributed by atoms with E-state index in [1.165, 1.54) is 36.7 Å². The molecule has 0 aliphatic heterocycles. The van der Waals surface area contributed by atoms with Gasteiger partial charge in [0.2, 0.25) is 0 Å². The van der Waals surface area contributed by atoms with E-state index in [9.17, 15) is 13.4 Å². The zero-order valence-corrected chi connectivity index (χ0v) is 12.5. The van der Waals surface area contributed by atoms with Crippen LogP contribution in [0.15, 0.2) is 36.5 Å². The minimum atomic E-state index is -1.29. The van der Waals surface area contributed by atoms with Crippen LogP contribution in [0.1, 0.15) is 10.4 Å². The van der Waals surface area contributed by atoms with Crippen molar-refractivity contribution in [2.75, 3.05) is 16.3 Å². The smallest absolute Gasteiger partial charge is 0.255 e. The number of benzene rings is 1. The first kappa shape index (κ1) is 15.4. The Morgan fingerprint density at radius 2 is 2.10 bits per heavy atom. The number of amides is 1. The lowest BCUT2D eigenvalue weighted by molar-refractivity contribution is 0.102. The number of rotatable bonds is 4. The molecule has 21 heavy (non-hydrogen) atoms. The van der Waals surface area contributed by atoms with E-state index in [-0.39, 0.29) is 5.02 Å². The Labute approximate surface area is 128 Å². The summed E-state index contributed by atoms with van der Waals surface area (Å²) in [5, 5.41) is 2.51. The standard InChI is InChI=1S/C13H11ClFN3O2S/c1-21(20)18-12-6-8(4-5-16-12)13(19)17-9-2-3-11(15)10(14)7-9/h2-7H,1H3,(H,16,18)(H,17,19). The van der Waals surface area contributed by atoms with Gasteiger partial charge in [-0.05, 0) is 30.3 Å². The highest BCUT2D eigenvalue weighted by Gasteiger charge is 2.09. The summed E-state index contributed by atoms with van der Waals surface area (Å²) in [7, 11) is -1.29. The number of aromatic nitrogens is 1. The van der Waals surface area contributed by atoms with Gasteiger partial charge in [0.1, 0.15) is 22.6 Å². The predicted octanol–water partition coefficient (Wildman–Crippen LogP) is 2.83. The van der Waals surface area contributed by atoms with Crippen LogP contribution in [0.4, 0.5) is 15.9 Å². The van der Waals surface area contributed by atoms with E-state index in [1.807, 2.05) is 0 Å². The van der Waals surface area contributed by atoms with Crippen molar-refractivity contribution in [3.8, 4) is 0 Å². The second-order valence-corrected chi connectivity index (χ2v) is 5.59. The van der Waals surface area contributed by atoms with E-state index < -0.39 is 22.7 Å². The molecule has 0 aliphatic rings. The van der Waals surface area contributed by atoms with Crippen molar-refractivity contribution in [2.24, 2.45) is 0 Å². The molecule has 5 nitrogen and oxygen atoms in total. The maximum absolute atomic E-state index is 13.0. The zero-order valence-electron chi connectivity index (χ0n) is 10.9. The molecule has 0 saturated carbocycles. The van der Waals surface area contributed by atoms with Gasteiger partial charge in [-0.3, -0.25) is 9.52 Å². The van der Waals surface area contributed by atoms with Gasteiger partial charge in [0.05, 0.1) is 5.02 Å². The maximum atomic E-state index is 13.0. The molecule has 0 aliphatic carbocycles. The third kappa shape index (κ3) is 4.24. The van der Waals surface area contributed by atoms with E-state index >= 15 is 0 Å². The second-order valence-electron chi connectivity index (χ2n) is 4.07. The number of carbonyl (C=O) groups excluding carboxylic acids is 1. The molecule has 2 rings (SSSR count). The van der Waals surface area contributed by atoms with Crippen LogP contribution in [0.3, 0.4) is 0 Å². The fourth-order valence-corrected chi connectivity index (χ4v) is 2.14. The van der Waals surface area contributed by atoms with E-state index in [1.54, 1.807) is 0 Å². The van der Waals surface area contributed by atoms with Crippen LogP contribution >= 0.6 is 11.6 Å². The zero-order chi connectivity index (χ0) is 15.4. The SMILES string of the molecule is CS(=O)Nc1cc(C(=O)Nc2ccc(F)c(Cl)c2)ccn1. The van der Waals surface area contributed by atoms with Crippen LogP contribution in [-0.2, 0) is 11.0 Å². The monoisotopic (exact) mass is 327 g/mol.